The highest BCUT2D eigenvalue weighted by atomic mass is 32.1. The normalized spacial score (nSPS) is 9.92. The standard InChI is InChI=1S/C18H21N3O2S/c1-3-14-7-5-8-15(11-14)19-18(24)21-20-17(22)12-23-16-9-4-6-13(2)10-16/h4-11H,3,12H2,1-2H3,(H,20,22)(H2,19,21,24). The molecule has 0 atom stereocenters. The Balaban J connectivity index is 1.73. The predicted octanol–water partition coefficient (Wildman–Crippen LogP) is 2.95. The number of benzene rings is 2. The third-order valence-corrected chi connectivity index (χ3v) is 3.47. The molecule has 0 saturated heterocycles. The minimum atomic E-state index is -0.317. The number of nitrogens with one attached hydrogen (secondary N) is 3. The van der Waals surface area contributed by atoms with Crippen molar-refractivity contribution in [3.8, 4) is 5.75 Å². The van der Waals surface area contributed by atoms with Crippen LogP contribution in [0.1, 0.15) is 18.1 Å². The first-order valence-electron chi connectivity index (χ1n) is 7.71. The quantitative estimate of drug-likeness (QED) is 0.575. The largest absolute Gasteiger partial charge is 0.484 e. The number of hydrazine groups is 1. The van der Waals surface area contributed by atoms with E-state index < -0.39 is 0 Å². The molecule has 2 aromatic rings. The van der Waals surface area contributed by atoms with Gasteiger partial charge >= 0.3 is 0 Å². The van der Waals surface area contributed by atoms with E-state index >= 15 is 0 Å². The average Bonchev–Trinajstić information content (AvgIpc) is 2.58. The zero-order valence-corrected chi connectivity index (χ0v) is 14.6. The first-order valence-corrected chi connectivity index (χ1v) is 8.12. The van der Waals surface area contributed by atoms with Gasteiger partial charge in [-0.25, -0.2) is 0 Å². The van der Waals surface area contributed by atoms with Crippen molar-refractivity contribution in [2.45, 2.75) is 20.3 Å². The molecule has 0 fully saturated rings. The highest BCUT2D eigenvalue weighted by Gasteiger charge is 2.04. The van der Waals surface area contributed by atoms with E-state index in [1.54, 1.807) is 6.07 Å². The van der Waals surface area contributed by atoms with E-state index in [2.05, 4.69) is 23.1 Å². The molecule has 0 aliphatic carbocycles. The summed E-state index contributed by atoms with van der Waals surface area (Å²) in [5.41, 5.74) is 8.31. The Bertz CT molecular complexity index is 719. The van der Waals surface area contributed by atoms with Crippen LogP contribution in [0.2, 0.25) is 0 Å². The first-order chi connectivity index (χ1) is 11.6. The van der Waals surface area contributed by atoms with Crippen LogP contribution in [0.25, 0.3) is 0 Å². The summed E-state index contributed by atoms with van der Waals surface area (Å²) in [5, 5.41) is 3.33. The van der Waals surface area contributed by atoms with Gasteiger partial charge in [0.2, 0.25) is 0 Å². The smallest absolute Gasteiger partial charge is 0.276 e. The Hall–Kier alpha value is -2.60. The Morgan fingerprint density at radius 2 is 1.92 bits per heavy atom. The molecule has 0 radical (unpaired) electrons. The van der Waals surface area contributed by atoms with Crippen LogP contribution in [-0.2, 0) is 11.2 Å². The fraction of sp³-hybridized carbons (Fsp3) is 0.222. The molecule has 0 bridgehead atoms. The molecule has 0 unspecified atom stereocenters. The van der Waals surface area contributed by atoms with Gasteiger partial charge in [0.15, 0.2) is 11.7 Å². The fourth-order valence-electron chi connectivity index (χ4n) is 2.05. The Morgan fingerprint density at radius 3 is 2.67 bits per heavy atom. The van der Waals surface area contributed by atoms with Gasteiger partial charge in [0.25, 0.3) is 5.91 Å². The van der Waals surface area contributed by atoms with Crippen molar-refractivity contribution in [2.75, 3.05) is 11.9 Å². The summed E-state index contributed by atoms with van der Waals surface area (Å²) in [5.74, 6) is 0.338. The number of ether oxygens (including phenoxy) is 1. The lowest BCUT2D eigenvalue weighted by Gasteiger charge is -2.12. The molecular formula is C18H21N3O2S. The number of aryl methyl sites for hydroxylation is 2. The lowest BCUT2D eigenvalue weighted by molar-refractivity contribution is -0.123. The van der Waals surface area contributed by atoms with Crippen molar-refractivity contribution in [1.29, 1.82) is 0 Å². The zero-order valence-electron chi connectivity index (χ0n) is 13.8. The number of hydrogen-bond donors (Lipinski definition) is 3. The summed E-state index contributed by atoms with van der Waals surface area (Å²) < 4.78 is 5.41. The molecule has 0 spiro atoms. The molecule has 24 heavy (non-hydrogen) atoms. The molecular weight excluding hydrogens is 322 g/mol. The van der Waals surface area contributed by atoms with Gasteiger partial charge in [-0.05, 0) is 61.0 Å². The van der Waals surface area contributed by atoms with E-state index in [9.17, 15) is 4.79 Å². The molecule has 0 aromatic heterocycles. The Labute approximate surface area is 147 Å². The minimum absolute atomic E-state index is 0.0929. The maximum absolute atomic E-state index is 11.8. The summed E-state index contributed by atoms with van der Waals surface area (Å²) in [4.78, 5) is 11.8. The van der Waals surface area contributed by atoms with Gasteiger partial charge in [0, 0.05) is 5.69 Å². The second-order valence-corrected chi connectivity index (χ2v) is 5.69. The van der Waals surface area contributed by atoms with Crippen molar-refractivity contribution < 1.29 is 9.53 Å². The summed E-state index contributed by atoms with van der Waals surface area (Å²) >= 11 is 5.15. The number of hydrogen-bond acceptors (Lipinski definition) is 3. The van der Waals surface area contributed by atoms with Crippen LogP contribution < -0.4 is 20.9 Å². The number of anilines is 1. The molecule has 5 nitrogen and oxygen atoms in total. The summed E-state index contributed by atoms with van der Waals surface area (Å²) in [7, 11) is 0. The van der Waals surface area contributed by atoms with Crippen LogP contribution in [0, 0.1) is 6.92 Å². The minimum Gasteiger partial charge on any atom is -0.484 e. The molecule has 0 aliphatic heterocycles. The molecule has 0 aliphatic rings. The van der Waals surface area contributed by atoms with Crippen LogP contribution in [0.4, 0.5) is 5.69 Å². The first kappa shape index (κ1) is 17.7. The number of amides is 1. The maximum Gasteiger partial charge on any atom is 0.276 e. The van der Waals surface area contributed by atoms with Crippen LogP contribution in [0.5, 0.6) is 5.75 Å². The average molecular weight is 343 g/mol. The molecule has 6 heteroatoms. The Morgan fingerprint density at radius 1 is 1.12 bits per heavy atom. The van der Waals surface area contributed by atoms with E-state index in [0.717, 1.165) is 17.7 Å². The van der Waals surface area contributed by atoms with Gasteiger partial charge in [0.1, 0.15) is 5.75 Å². The summed E-state index contributed by atoms with van der Waals surface area (Å²) in [6, 6.07) is 15.4. The molecule has 3 N–H and O–H groups in total. The third-order valence-electron chi connectivity index (χ3n) is 3.27. The van der Waals surface area contributed by atoms with Crippen molar-refractivity contribution in [1.82, 2.24) is 10.9 Å². The molecule has 2 rings (SSSR count). The molecule has 0 heterocycles. The van der Waals surface area contributed by atoms with Crippen molar-refractivity contribution >= 4 is 28.9 Å². The second-order valence-electron chi connectivity index (χ2n) is 5.29. The maximum atomic E-state index is 11.8. The lowest BCUT2D eigenvalue weighted by Crippen LogP contribution is -2.45. The van der Waals surface area contributed by atoms with Crippen molar-refractivity contribution in [3.05, 3.63) is 59.7 Å². The lowest BCUT2D eigenvalue weighted by atomic mass is 10.1. The van der Waals surface area contributed by atoms with Crippen molar-refractivity contribution in [3.63, 3.8) is 0 Å². The fourth-order valence-corrected chi connectivity index (χ4v) is 2.22. The van der Waals surface area contributed by atoms with Crippen molar-refractivity contribution in [2.24, 2.45) is 0 Å². The third kappa shape index (κ3) is 5.89. The molecule has 0 saturated carbocycles. The summed E-state index contributed by atoms with van der Waals surface area (Å²) in [6.07, 6.45) is 0.947. The van der Waals surface area contributed by atoms with Crippen LogP contribution in [-0.4, -0.2) is 17.6 Å². The van der Waals surface area contributed by atoms with E-state index in [1.807, 2.05) is 49.4 Å². The topological polar surface area (TPSA) is 62.4 Å². The van der Waals surface area contributed by atoms with Crippen LogP contribution >= 0.6 is 12.2 Å². The van der Waals surface area contributed by atoms with E-state index in [1.165, 1.54) is 5.56 Å². The van der Waals surface area contributed by atoms with E-state index in [4.69, 9.17) is 17.0 Å². The SMILES string of the molecule is CCc1cccc(NC(=S)NNC(=O)COc2cccc(C)c2)c1. The van der Waals surface area contributed by atoms with Gasteiger partial charge < -0.3 is 10.1 Å². The van der Waals surface area contributed by atoms with E-state index in [0.29, 0.717) is 10.9 Å². The van der Waals surface area contributed by atoms with Gasteiger partial charge in [-0.15, -0.1) is 0 Å². The number of carbonyl (C=O) groups is 1. The Kier molecular flexibility index (Phi) is 6.57. The zero-order chi connectivity index (χ0) is 17.4. The van der Waals surface area contributed by atoms with Crippen LogP contribution in [0.3, 0.4) is 0 Å². The molecule has 126 valence electrons. The monoisotopic (exact) mass is 343 g/mol. The number of thiocarbonyl (C=S) groups is 1. The molecule has 1 amide bonds. The van der Waals surface area contributed by atoms with Crippen LogP contribution in [0.15, 0.2) is 48.5 Å². The highest BCUT2D eigenvalue weighted by molar-refractivity contribution is 7.80. The van der Waals surface area contributed by atoms with Gasteiger partial charge in [-0.2, -0.15) is 0 Å². The number of carbonyl (C=O) groups excluding carboxylic acids is 1. The van der Waals surface area contributed by atoms with Gasteiger partial charge in [-0.1, -0.05) is 31.2 Å². The second kappa shape index (κ2) is 8.88. The molecule has 2 aromatic carbocycles. The van der Waals surface area contributed by atoms with E-state index in [-0.39, 0.29) is 12.5 Å². The van der Waals surface area contributed by atoms with Gasteiger partial charge in [0.05, 0.1) is 0 Å². The van der Waals surface area contributed by atoms with Gasteiger partial charge in [-0.3, -0.25) is 15.6 Å². The highest BCUT2D eigenvalue weighted by Crippen LogP contribution is 2.12. The predicted molar refractivity (Wildman–Crippen MR) is 100.0 cm³/mol. The summed E-state index contributed by atoms with van der Waals surface area (Å²) in [6.45, 7) is 3.96. The number of rotatable bonds is 5.